The molecule has 3 saturated carbocycles. The molecule has 0 radical (unpaired) electrons. The average molecular weight is 983 g/mol. The van der Waals surface area contributed by atoms with E-state index in [2.05, 4.69) is 40.7 Å². The summed E-state index contributed by atoms with van der Waals surface area (Å²) in [5, 5.41) is 83.8. The van der Waals surface area contributed by atoms with Crippen LogP contribution >= 0.6 is 0 Å². The SMILES string of the molecule is C[C@H](CC[C@@H](O[C@@H]1O[C@H](CO)C[C@H](O)[C@H]1O[C@H]1C[C@@H](O[C@H]2C[C@@H](O)C[C@@H](CO)O2)C[C@@H](CO)O1)C(C)(C)O)C1CCC2C3CC=C4C(CC[C@H](O[C@H]5C[C@@H](O)C[C@@H](CO)O5)C4(C)C)[C@]3(C)CC[C@@]21C. The Hall–Kier alpha value is -0.900. The van der Waals surface area contributed by atoms with Crippen LogP contribution in [0.2, 0.25) is 0 Å². The molecule has 8 N–H and O–H groups in total. The summed E-state index contributed by atoms with van der Waals surface area (Å²) in [6.45, 7) is 14.6. The van der Waals surface area contributed by atoms with Crippen LogP contribution in [0.4, 0.5) is 0 Å². The van der Waals surface area contributed by atoms with Gasteiger partial charge < -0.3 is 78.7 Å². The molecule has 16 nitrogen and oxygen atoms in total. The molecule has 0 aromatic rings. The van der Waals surface area contributed by atoms with Crippen molar-refractivity contribution in [3.05, 3.63) is 11.6 Å². The number of hydrogen-bond donors (Lipinski definition) is 8. The number of aliphatic hydroxyl groups is 8. The summed E-state index contributed by atoms with van der Waals surface area (Å²) in [5.74, 6) is 2.54. The lowest BCUT2D eigenvalue weighted by Gasteiger charge is -2.62. The molecule has 0 aromatic heterocycles. The van der Waals surface area contributed by atoms with E-state index in [1.165, 1.54) is 24.8 Å². The fourth-order valence-electron chi connectivity index (χ4n) is 15.1. The van der Waals surface area contributed by atoms with Gasteiger partial charge in [0, 0.05) is 50.4 Å². The Morgan fingerprint density at radius 1 is 0.652 bits per heavy atom. The quantitative estimate of drug-likeness (QED) is 0.0930. The first-order valence-electron chi connectivity index (χ1n) is 26.8. The zero-order valence-corrected chi connectivity index (χ0v) is 42.6. The summed E-state index contributed by atoms with van der Waals surface area (Å²) >= 11 is 0. The second-order valence-electron chi connectivity index (χ2n) is 24.4. The highest BCUT2D eigenvalue weighted by Crippen LogP contribution is 2.70. The van der Waals surface area contributed by atoms with Crippen LogP contribution in [0.5, 0.6) is 0 Å². The van der Waals surface area contributed by atoms with Gasteiger partial charge in [-0.05, 0) is 112 Å². The Bertz CT molecular complexity index is 1690. The molecule has 0 spiro atoms. The molecule has 16 heteroatoms. The number of ether oxygens (including phenoxy) is 8. The first-order chi connectivity index (χ1) is 32.7. The Kier molecular flexibility index (Phi) is 17.4. The first kappa shape index (κ1) is 54.4. The average Bonchev–Trinajstić information content (AvgIpc) is 3.65. The number of allylic oxidation sites excluding steroid dienone is 1. The molecular formula is C53H90O16. The molecule has 398 valence electrons. The molecule has 69 heavy (non-hydrogen) atoms. The van der Waals surface area contributed by atoms with Gasteiger partial charge in [-0.15, -0.1) is 0 Å². The Morgan fingerprint density at radius 3 is 1.86 bits per heavy atom. The summed E-state index contributed by atoms with van der Waals surface area (Å²) in [6, 6.07) is 0. The summed E-state index contributed by atoms with van der Waals surface area (Å²) in [6.07, 6.45) is 3.56. The van der Waals surface area contributed by atoms with Crippen molar-refractivity contribution >= 4 is 0 Å². The molecule has 4 aliphatic heterocycles. The van der Waals surface area contributed by atoms with Crippen molar-refractivity contribution in [2.45, 2.75) is 249 Å². The monoisotopic (exact) mass is 983 g/mol. The fraction of sp³-hybridized carbons (Fsp3) is 0.962. The van der Waals surface area contributed by atoms with Crippen molar-refractivity contribution < 1.29 is 78.7 Å². The third-order valence-corrected chi connectivity index (χ3v) is 19.0. The van der Waals surface area contributed by atoms with E-state index in [1.807, 2.05) is 0 Å². The van der Waals surface area contributed by atoms with Crippen molar-refractivity contribution in [3.8, 4) is 0 Å². The van der Waals surface area contributed by atoms with Gasteiger partial charge in [-0.3, -0.25) is 0 Å². The van der Waals surface area contributed by atoms with Crippen molar-refractivity contribution in [1.29, 1.82) is 0 Å². The Labute approximate surface area is 410 Å². The van der Waals surface area contributed by atoms with E-state index in [9.17, 15) is 40.9 Å². The molecule has 0 aromatic carbocycles. The minimum atomic E-state index is -1.28. The maximum absolute atomic E-state index is 11.7. The van der Waals surface area contributed by atoms with Crippen LogP contribution in [0, 0.1) is 45.8 Å². The minimum Gasteiger partial charge on any atom is -0.394 e. The molecule has 7 fully saturated rings. The molecule has 0 bridgehead atoms. The summed E-state index contributed by atoms with van der Waals surface area (Å²) in [5.41, 5.74) is 0.431. The summed E-state index contributed by atoms with van der Waals surface area (Å²) < 4.78 is 50.4. The molecule has 22 atom stereocenters. The topological polar surface area (TPSA) is 236 Å². The zero-order valence-electron chi connectivity index (χ0n) is 42.6. The summed E-state index contributed by atoms with van der Waals surface area (Å²) in [7, 11) is 0. The lowest BCUT2D eigenvalue weighted by molar-refractivity contribution is -0.346. The van der Waals surface area contributed by atoms with E-state index in [0.29, 0.717) is 61.7 Å². The molecule has 4 aliphatic carbocycles. The lowest BCUT2D eigenvalue weighted by atomic mass is 9.43. The summed E-state index contributed by atoms with van der Waals surface area (Å²) in [4.78, 5) is 0. The van der Waals surface area contributed by atoms with Crippen LogP contribution in [-0.2, 0) is 37.9 Å². The third-order valence-electron chi connectivity index (χ3n) is 19.0. The predicted octanol–water partition coefficient (Wildman–Crippen LogP) is 4.61. The fourth-order valence-corrected chi connectivity index (χ4v) is 15.1. The number of rotatable bonds is 17. The van der Waals surface area contributed by atoms with Crippen LogP contribution in [0.3, 0.4) is 0 Å². The maximum Gasteiger partial charge on any atom is 0.187 e. The van der Waals surface area contributed by atoms with Crippen molar-refractivity contribution in [2.24, 2.45) is 45.8 Å². The van der Waals surface area contributed by atoms with Crippen LogP contribution in [0.1, 0.15) is 151 Å². The molecule has 4 saturated heterocycles. The van der Waals surface area contributed by atoms with Gasteiger partial charge in [0.2, 0.25) is 0 Å². The van der Waals surface area contributed by atoms with E-state index in [1.54, 1.807) is 13.8 Å². The molecular weight excluding hydrogens is 893 g/mol. The highest BCUT2D eigenvalue weighted by molar-refractivity contribution is 5.29. The van der Waals surface area contributed by atoms with Gasteiger partial charge in [0.15, 0.2) is 25.2 Å². The van der Waals surface area contributed by atoms with E-state index in [-0.39, 0.29) is 68.0 Å². The molecule has 0 amide bonds. The molecule has 8 aliphatic rings. The van der Waals surface area contributed by atoms with Crippen molar-refractivity contribution in [1.82, 2.24) is 0 Å². The van der Waals surface area contributed by atoms with Gasteiger partial charge in [-0.25, -0.2) is 0 Å². The zero-order chi connectivity index (χ0) is 49.6. The molecule has 8 rings (SSSR count). The smallest absolute Gasteiger partial charge is 0.187 e. The van der Waals surface area contributed by atoms with E-state index < -0.39 is 91.8 Å². The third kappa shape index (κ3) is 11.7. The molecule has 4 unspecified atom stereocenters. The van der Waals surface area contributed by atoms with Gasteiger partial charge in [-0.2, -0.15) is 0 Å². The second-order valence-corrected chi connectivity index (χ2v) is 24.4. The maximum atomic E-state index is 11.7. The number of fused-ring (bicyclic) bond motifs is 5. The van der Waals surface area contributed by atoms with Crippen LogP contribution in [-0.4, -0.2) is 165 Å². The highest BCUT2D eigenvalue weighted by Gasteiger charge is 2.62. The van der Waals surface area contributed by atoms with E-state index in [0.717, 1.165) is 32.1 Å². The normalized spacial score (nSPS) is 46.8. The van der Waals surface area contributed by atoms with Crippen LogP contribution in [0.15, 0.2) is 11.6 Å². The van der Waals surface area contributed by atoms with Gasteiger partial charge in [0.05, 0.1) is 93.1 Å². The lowest BCUT2D eigenvalue weighted by Crippen LogP contribution is -2.56. The van der Waals surface area contributed by atoms with Crippen molar-refractivity contribution in [2.75, 3.05) is 26.4 Å². The van der Waals surface area contributed by atoms with Gasteiger partial charge in [0.1, 0.15) is 6.10 Å². The van der Waals surface area contributed by atoms with Gasteiger partial charge >= 0.3 is 0 Å². The number of hydrogen-bond acceptors (Lipinski definition) is 16. The first-order valence-corrected chi connectivity index (χ1v) is 26.8. The standard InChI is InChI=1S/C53H90O16/c1-29(37-9-11-40-41-12-10-38-39(53(41,7)17-16-52(37,40)6)13-15-43(50(38,2)3)67-46-21-31(59)19-34(26-55)64-46)8-14-44(51(4,5)61)68-49-48(42(60)23-36(28-57)66-49)69-47-24-32(22-35(27-56)65-47)62-45-20-30(58)18-33(25-54)63-45/h10,29-37,39-49,54-61H,8-9,11-28H2,1-7H3/t29-,30+,31+,32+,33+,34+,35+,36+,37?,39?,40?,41?,42+,43+,44-,45-,46+,47+,48-,49+,52-,53+/m1/s1. The van der Waals surface area contributed by atoms with E-state index >= 15 is 0 Å². The van der Waals surface area contributed by atoms with Gasteiger partial charge in [-0.1, -0.05) is 46.3 Å². The number of aliphatic hydroxyl groups excluding tert-OH is 7. The second kappa shape index (κ2) is 22.1. The van der Waals surface area contributed by atoms with Crippen LogP contribution in [0.25, 0.3) is 0 Å². The highest BCUT2D eigenvalue weighted by atomic mass is 16.8. The largest absolute Gasteiger partial charge is 0.394 e. The van der Waals surface area contributed by atoms with Crippen LogP contribution < -0.4 is 0 Å². The van der Waals surface area contributed by atoms with Crippen molar-refractivity contribution in [3.63, 3.8) is 0 Å². The Morgan fingerprint density at radius 2 is 1.23 bits per heavy atom. The minimum absolute atomic E-state index is 0.0267. The van der Waals surface area contributed by atoms with E-state index in [4.69, 9.17) is 37.9 Å². The Balaban J connectivity index is 0.906. The predicted molar refractivity (Wildman–Crippen MR) is 252 cm³/mol. The van der Waals surface area contributed by atoms with Gasteiger partial charge in [0.25, 0.3) is 0 Å². The molecule has 4 heterocycles.